The lowest BCUT2D eigenvalue weighted by Crippen LogP contribution is -2.32. The van der Waals surface area contributed by atoms with Gasteiger partial charge in [-0.15, -0.1) is 0 Å². The Bertz CT molecular complexity index is 262. The van der Waals surface area contributed by atoms with Crippen molar-refractivity contribution in [1.82, 2.24) is 4.90 Å². The molecule has 3 nitrogen and oxygen atoms in total. The van der Waals surface area contributed by atoms with Crippen molar-refractivity contribution in [3.8, 4) is 0 Å². The van der Waals surface area contributed by atoms with E-state index in [1.165, 1.54) is 5.56 Å². The standard InChI is InChI=1S/C12H19NO2/c1-11(15)9-13(7-8-14)10-12-5-3-2-4-6-12/h2-6,11,14-15H,7-10H2,1H3/t11-/m0/s1. The molecule has 1 aromatic rings. The number of nitrogens with zero attached hydrogens (tertiary/aromatic N) is 1. The second-order valence-corrected chi connectivity index (χ2v) is 3.79. The molecule has 15 heavy (non-hydrogen) atoms. The van der Waals surface area contributed by atoms with E-state index in [1.54, 1.807) is 6.92 Å². The Morgan fingerprint density at radius 2 is 1.93 bits per heavy atom. The summed E-state index contributed by atoms with van der Waals surface area (Å²) in [5.41, 5.74) is 1.20. The number of hydrogen-bond donors (Lipinski definition) is 2. The molecule has 0 aromatic heterocycles. The number of aliphatic hydroxyl groups excluding tert-OH is 2. The van der Waals surface area contributed by atoms with Gasteiger partial charge in [-0.05, 0) is 12.5 Å². The fourth-order valence-corrected chi connectivity index (χ4v) is 1.59. The Morgan fingerprint density at radius 1 is 1.27 bits per heavy atom. The summed E-state index contributed by atoms with van der Waals surface area (Å²) in [7, 11) is 0. The molecule has 0 fully saturated rings. The van der Waals surface area contributed by atoms with Crippen LogP contribution in [0.3, 0.4) is 0 Å². The highest BCUT2D eigenvalue weighted by atomic mass is 16.3. The van der Waals surface area contributed by atoms with Gasteiger partial charge in [-0.2, -0.15) is 0 Å². The summed E-state index contributed by atoms with van der Waals surface area (Å²) < 4.78 is 0. The lowest BCUT2D eigenvalue weighted by Gasteiger charge is -2.22. The monoisotopic (exact) mass is 209 g/mol. The van der Waals surface area contributed by atoms with Crippen LogP contribution in [0.15, 0.2) is 30.3 Å². The third kappa shape index (κ3) is 4.93. The number of hydrogen-bond acceptors (Lipinski definition) is 3. The minimum Gasteiger partial charge on any atom is -0.395 e. The molecule has 0 radical (unpaired) electrons. The van der Waals surface area contributed by atoms with Gasteiger partial charge in [-0.1, -0.05) is 30.3 Å². The molecule has 0 bridgehead atoms. The highest BCUT2D eigenvalue weighted by Crippen LogP contribution is 2.04. The zero-order valence-corrected chi connectivity index (χ0v) is 9.13. The molecule has 0 aliphatic carbocycles. The van der Waals surface area contributed by atoms with Crippen LogP contribution in [0, 0.1) is 0 Å². The van der Waals surface area contributed by atoms with Crippen LogP contribution < -0.4 is 0 Å². The minimum absolute atomic E-state index is 0.125. The second-order valence-electron chi connectivity index (χ2n) is 3.79. The van der Waals surface area contributed by atoms with Crippen LogP contribution in [0.4, 0.5) is 0 Å². The van der Waals surface area contributed by atoms with Crippen molar-refractivity contribution >= 4 is 0 Å². The molecule has 0 aliphatic heterocycles. The van der Waals surface area contributed by atoms with Crippen molar-refractivity contribution in [1.29, 1.82) is 0 Å². The van der Waals surface area contributed by atoms with Gasteiger partial charge in [0.2, 0.25) is 0 Å². The van der Waals surface area contributed by atoms with Crippen LogP contribution in [0.25, 0.3) is 0 Å². The first-order chi connectivity index (χ1) is 7.22. The van der Waals surface area contributed by atoms with E-state index in [0.29, 0.717) is 13.1 Å². The van der Waals surface area contributed by atoms with Crippen LogP contribution in [-0.2, 0) is 6.54 Å². The van der Waals surface area contributed by atoms with Crippen LogP contribution >= 0.6 is 0 Å². The molecule has 1 aromatic carbocycles. The van der Waals surface area contributed by atoms with Gasteiger partial charge >= 0.3 is 0 Å². The van der Waals surface area contributed by atoms with Crippen molar-refractivity contribution in [3.05, 3.63) is 35.9 Å². The van der Waals surface area contributed by atoms with Crippen molar-refractivity contribution in [3.63, 3.8) is 0 Å². The predicted molar refractivity (Wildman–Crippen MR) is 60.5 cm³/mol. The van der Waals surface area contributed by atoms with Gasteiger partial charge in [0.25, 0.3) is 0 Å². The van der Waals surface area contributed by atoms with Crippen molar-refractivity contribution < 1.29 is 10.2 Å². The third-order valence-electron chi connectivity index (χ3n) is 2.19. The fraction of sp³-hybridized carbons (Fsp3) is 0.500. The Hall–Kier alpha value is -0.900. The van der Waals surface area contributed by atoms with Crippen molar-refractivity contribution in [2.45, 2.75) is 19.6 Å². The van der Waals surface area contributed by atoms with E-state index in [2.05, 4.69) is 0 Å². The molecule has 0 heterocycles. The summed E-state index contributed by atoms with van der Waals surface area (Å²) in [4.78, 5) is 2.04. The molecule has 0 amide bonds. The van der Waals surface area contributed by atoms with Crippen molar-refractivity contribution in [2.75, 3.05) is 19.7 Å². The lowest BCUT2D eigenvalue weighted by atomic mass is 10.2. The predicted octanol–water partition coefficient (Wildman–Crippen LogP) is 0.862. The first kappa shape index (κ1) is 12.2. The van der Waals surface area contributed by atoms with Crippen LogP contribution in [0.1, 0.15) is 12.5 Å². The van der Waals surface area contributed by atoms with Gasteiger partial charge in [0.05, 0.1) is 12.7 Å². The molecular formula is C12H19NO2. The molecule has 1 rings (SSSR count). The molecule has 0 saturated heterocycles. The average Bonchev–Trinajstić information content (AvgIpc) is 2.18. The highest BCUT2D eigenvalue weighted by molar-refractivity contribution is 5.14. The van der Waals surface area contributed by atoms with Crippen LogP contribution in [0.2, 0.25) is 0 Å². The van der Waals surface area contributed by atoms with Gasteiger partial charge in [0, 0.05) is 19.6 Å². The third-order valence-corrected chi connectivity index (χ3v) is 2.19. The molecule has 84 valence electrons. The molecule has 0 spiro atoms. The van der Waals surface area contributed by atoms with E-state index in [0.717, 1.165) is 6.54 Å². The maximum atomic E-state index is 9.30. The maximum Gasteiger partial charge on any atom is 0.0639 e. The largest absolute Gasteiger partial charge is 0.395 e. The molecule has 1 atom stereocenters. The first-order valence-electron chi connectivity index (χ1n) is 5.27. The Morgan fingerprint density at radius 3 is 2.47 bits per heavy atom. The smallest absolute Gasteiger partial charge is 0.0639 e. The van der Waals surface area contributed by atoms with E-state index in [4.69, 9.17) is 5.11 Å². The number of rotatable bonds is 6. The molecule has 0 saturated carbocycles. The van der Waals surface area contributed by atoms with E-state index in [-0.39, 0.29) is 12.7 Å². The van der Waals surface area contributed by atoms with E-state index in [1.807, 2.05) is 35.2 Å². The van der Waals surface area contributed by atoms with E-state index >= 15 is 0 Å². The highest BCUT2D eigenvalue weighted by Gasteiger charge is 2.07. The summed E-state index contributed by atoms with van der Waals surface area (Å²) >= 11 is 0. The fourth-order valence-electron chi connectivity index (χ4n) is 1.59. The summed E-state index contributed by atoms with van der Waals surface area (Å²) in [6.07, 6.45) is -0.361. The normalized spacial score (nSPS) is 13.1. The van der Waals surface area contributed by atoms with Gasteiger partial charge in [-0.25, -0.2) is 0 Å². The van der Waals surface area contributed by atoms with Gasteiger partial charge in [0.1, 0.15) is 0 Å². The quantitative estimate of drug-likeness (QED) is 0.730. The SMILES string of the molecule is C[C@H](O)CN(CCO)Cc1ccccc1. The number of aliphatic hydroxyl groups is 2. The summed E-state index contributed by atoms with van der Waals surface area (Å²) in [5.74, 6) is 0. The van der Waals surface area contributed by atoms with Crippen molar-refractivity contribution in [2.24, 2.45) is 0 Å². The van der Waals surface area contributed by atoms with E-state index < -0.39 is 0 Å². The van der Waals surface area contributed by atoms with Gasteiger partial charge < -0.3 is 10.2 Å². The Balaban J connectivity index is 2.50. The zero-order valence-electron chi connectivity index (χ0n) is 9.13. The maximum absolute atomic E-state index is 9.30. The topological polar surface area (TPSA) is 43.7 Å². The zero-order chi connectivity index (χ0) is 11.1. The molecule has 0 aliphatic rings. The molecule has 3 heteroatoms. The Kier molecular flexibility index (Phi) is 5.32. The summed E-state index contributed by atoms with van der Waals surface area (Å²) in [5, 5.41) is 18.2. The second kappa shape index (κ2) is 6.56. The van der Waals surface area contributed by atoms with Gasteiger partial charge in [-0.3, -0.25) is 4.90 Å². The lowest BCUT2D eigenvalue weighted by molar-refractivity contribution is 0.107. The average molecular weight is 209 g/mol. The molecule has 2 N–H and O–H groups in total. The number of benzene rings is 1. The van der Waals surface area contributed by atoms with Crippen LogP contribution in [0.5, 0.6) is 0 Å². The van der Waals surface area contributed by atoms with E-state index in [9.17, 15) is 5.11 Å². The first-order valence-corrected chi connectivity index (χ1v) is 5.27. The summed E-state index contributed by atoms with van der Waals surface area (Å²) in [6, 6.07) is 10.1. The summed E-state index contributed by atoms with van der Waals surface area (Å²) in [6.45, 7) is 3.84. The molecular weight excluding hydrogens is 190 g/mol. The van der Waals surface area contributed by atoms with Crippen LogP contribution in [-0.4, -0.2) is 40.9 Å². The molecule has 0 unspecified atom stereocenters. The Labute approximate surface area is 91.0 Å². The van der Waals surface area contributed by atoms with Gasteiger partial charge in [0.15, 0.2) is 0 Å². The minimum atomic E-state index is -0.361.